The molecular formula is C10H5F7O. The first kappa shape index (κ1) is 14.5. The summed E-state index contributed by atoms with van der Waals surface area (Å²) in [5.41, 5.74) is -3.82. The molecule has 0 atom stereocenters. The van der Waals surface area contributed by atoms with Crippen LogP contribution in [0.1, 0.15) is 21.5 Å². The molecule has 0 aliphatic rings. The van der Waals surface area contributed by atoms with Crippen LogP contribution >= 0.6 is 0 Å². The van der Waals surface area contributed by atoms with Crippen molar-refractivity contribution in [3.63, 3.8) is 0 Å². The number of rotatable bonds is 1. The van der Waals surface area contributed by atoms with Crippen molar-refractivity contribution in [1.82, 2.24) is 0 Å². The summed E-state index contributed by atoms with van der Waals surface area (Å²) < 4.78 is 86.3. The Labute approximate surface area is 96.2 Å². The van der Waals surface area contributed by atoms with Crippen molar-refractivity contribution in [3.8, 4) is 0 Å². The molecule has 0 bridgehead atoms. The van der Waals surface area contributed by atoms with Crippen LogP contribution in [-0.2, 0) is 6.18 Å². The molecule has 1 aromatic rings. The SMILES string of the molecule is Cc1cc(C(=O)C(F)(F)F)cc(C(F)(F)F)c1F. The van der Waals surface area contributed by atoms with Crippen molar-refractivity contribution < 1.29 is 35.5 Å². The van der Waals surface area contributed by atoms with E-state index in [0.29, 0.717) is 6.07 Å². The number of carbonyl (C=O) groups excluding carboxylic acids is 1. The summed E-state index contributed by atoms with van der Waals surface area (Å²) in [6.45, 7) is 0.845. The van der Waals surface area contributed by atoms with Crippen LogP contribution < -0.4 is 0 Å². The molecule has 0 aliphatic heterocycles. The second-order valence-electron chi connectivity index (χ2n) is 3.48. The minimum atomic E-state index is -5.31. The minimum absolute atomic E-state index is 0.141. The van der Waals surface area contributed by atoms with Crippen LogP contribution in [-0.4, -0.2) is 12.0 Å². The minimum Gasteiger partial charge on any atom is -0.284 e. The van der Waals surface area contributed by atoms with Crippen molar-refractivity contribution in [2.75, 3.05) is 0 Å². The number of hydrogen-bond acceptors (Lipinski definition) is 1. The Morgan fingerprint density at radius 1 is 1.06 bits per heavy atom. The van der Waals surface area contributed by atoms with E-state index in [4.69, 9.17) is 0 Å². The van der Waals surface area contributed by atoms with Gasteiger partial charge in [0.1, 0.15) is 5.82 Å². The summed E-state index contributed by atoms with van der Waals surface area (Å²) >= 11 is 0. The molecule has 0 spiro atoms. The monoisotopic (exact) mass is 274 g/mol. The largest absolute Gasteiger partial charge is 0.454 e. The number of ketones is 1. The van der Waals surface area contributed by atoms with Crippen molar-refractivity contribution in [3.05, 3.63) is 34.6 Å². The predicted molar refractivity (Wildman–Crippen MR) is 46.5 cm³/mol. The highest BCUT2D eigenvalue weighted by Crippen LogP contribution is 2.34. The van der Waals surface area contributed by atoms with Crippen LogP contribution in [0.25, 0.3) is 0 Å². The van der Waals surface area contributed by atoms with E-state index in [2.05, 4.69) is 0 Å². The predicted octanol–water partition coefficient (Wildman–Crippen LogP) is 3.90. The first-order valence-corrected chi connectivity index (χ1v) is 4.43. The van der Waals surface area contributed by atoms with Gasteiger partial charge in [0.15, 0.2) is 0 Å². The van der Waals surface area contributed by atoms with Gasteiger partial charge in [0, 0.05) is 5.56 Å². The lowest BCUT2D eigenvalue weighted by Crippen LogP contribution is -2.24. The van der Waals surface area contributed by atoms with Gasteiger partial charge in [-0.1, -0.05) is 0 Å². The lowest BCUT2D eigenvalue weighted by Gasteiger charge is -2.12. The molecule has 0 radical (unpaired) electrons. The average Bonchev–Trinajstić information content (AvgIpc) is 2.17. The molecule has 0 amide bonds. The van der Waals surface area contributed by atoms with Crippen LogP contribution in [0.4, 0.5) is 30.7 Å². The van der Waals surface area contributed by atoms with Crippen LogP contribution in [0, 0.1) is 12.7 Å². The second kappa shape index (κ2) is 4.25. The number of benzene rings is 1. The summed E-state index contributed by atoms with van der Waals surface area (Å²) in [5.74, 6) is -4.14. The molecule has 1 rings (SSSR count). The van der Waals surface area contributed by atoms with Crippen molar-refractivity contribution >= 4 is 5.78 Å². The zero-order valence-corrected chi connectivity index (χ0v) is 8.71. The van der Waals surface area contributed by atoms with Gasteiger partial charge in [-0.15, -0.1) is 0 Å². The van der Waals surface area contributed by atoms with E-state index in [1.54, 1.807) is 0 Å². The normalized spacial score (nSPS) is 12.7. The number of alkyl halides is 6. The molecule has 0 aliphatic carbocycles. The second-order valence-corrected chi connectivity index (χ2v) is 3.48. The third-order valence-corrected chi connectivity index (χ3v) is 2.08. The summed E-state index contributed by atoms with van der Waals surface area (Å²) in [5, 5.41) is 0. The standard InChI is InChI=1S/C10H5F7O/c1-4-2-5(8(18)10(15,16)17)3-6(7(4)11)9(12,13)14/h2-3H,1H3. The molecule has 100 valence electrons. The number of aryl methyl sites for hydroxylation is 1. The van der Waals surface area contributed by atoms with E-state index in [1.807, 2.05) is 0 Å². The highest BCUT2D eigenvalue weighted by Gasteiger charge is 2.42. The highest BCUT2D eigenvalue weighted by molar-refractivity contribution is 6.00. The molecule has 0 saturated carbocycles. The molecular weight excluding hydrogens is 269 g/mol. The van der Waals surface area contributed by atoms with E-state index in [-0.39, 0.29) is 6.07 Å². The third-order valence-electron chi connectivity index (χ3n) is 2.08. The lowest BCUT2D eigenvalue weighted by atomic mass is 10.0. The molecule has 0 saturated heterocycles. The zero-order valence-electron chi connectivity index (χ0n) is 8.71. The van der Waals surface area contributed by atoms with E-state index in [0.717, 1.165) is 6.92 Å². The van der Waals surface area contributed by atoms with Crippen molar-refractivity contribution in [2.45, 2.75) is 19.3 Å². The number of hydrogen-bond donors (Lipinski definition) is 0. The van der Waals surface area contributed by atoms with E-state index >= 15 is 0 Å². The van der Waals surface area contributed by atoms with E-state index in [9.17, 15) is 35.5 Å². The van der Waals surface area contributed by atoms with Crippen LogP contribution in [0.15, 0.2) is 12.1 Å². The van der Waals surface area contributed by atoms with Gasteiger partial charge in [0.2, 0.25) is 0 Å². The number of carbonyl (C=O) groups is 1. The summed E-state index contributed by atoms with van der Waals surface area (Å²) in [4.78, 5) is 10.8. The van der Waals surface area contributed by atoms with Crippen LogP contribution in [0.2, 0.25) is 0 Å². The van der Waals surface area contributed by atoms with Crippen LogP contribution in [0.3, 0.4) is 0 Å². The molecule has 8 heteroatoms. The Hall–Kier alpha value is -1.60. The summed E-state index contributed by atoms with van der Waals surface area (Å²) in [7, 11) is 0. The Bertz CT molecular complexity index is 484. The Kier molecular flexibility index (Phi) is 3.42. The maximum Gasteiger partial charge on any atom is 0.454 e. The number of halogens is 7. The van der Waals surface area contributed by atoms with Gasteiger partial charge in [-0.05, 0) is 24.6 Å². The van der Waals surface area contributed by atoms with Crippen molar-refractivity contribution in [1.29, 1.82) is 0 Å². The molecule has 1 nitrogen and oxygen atoms in total. The van der Waals surface area contributed by atoms with E-state index in [1.165, 1.54) is 0 Å². The van der Waals surface area contributed by atoms with Gasteiger partial charge in [0.05, 0.1) is 5.56 Å². The summed E-state index contributed by atoms with van der Waals surface area (Å²) in [6.07, 6.45) is -10.5. The van der Waals surface area contributed by atoms with Gasteiger partial charge >= 0.3 is 12.4 Å². The topological polar surface area (TPSA) is 17.1 Å². The summed E-state index contributed by atoms with van der Waals surface area (Å²) in [6, 6.07) is 0.290. The average molecular weight is 274 g/mol. The molecule has 18 heavy (non-hydrogen) atoms. The maximum atomic E-state index is 13.1. The fourth-order valence-electron chi connectivity index (χ4n) is 1.27. The van der Waals surface area contributed by atoms with Crippen LogP contribution in [0.5, 0.6) is 0 Å². The fraction of sp³-hybridized carbons (Fsp3) is 0.300. The van der Waals surface area contributed by atoms with Gasteiger partial charge in [-0.2, -0.15) is 26.3 Å². The van der Waals surface area contributed by atoms with Gasteiger partial charge in [-0.3, -0.25) is 4.79 Å². The molecule has 0 unspecified atom stereocenters. The molecule has 0 heterocycles. The molecule has 0 N–H and O–H groups in total. The molecule has 0 fully saturated rings. The molecule has 1 aromatic carbocycles. The Balaban J connectivity index is 3.43. The highest BCUT2D eigenvalue weighted by atomic mass is 19.4. The maximum absolute atomic E-state index is 13.1. The number of Topliss-reactive ketones (excluding diaryl/α,β-unsaturated/α-hetero) is 1. The first-order valence-electron chi connectivity index (χ1n) is 4.43. The zero-order chi connectivity index (χ0) is 14.3. The Morgan fingerprint density at radius 3 is 1.94 bits per heavy atom. The first-order chi connectivity index (χ1) is 7.94. The fourth-order valence-corrected chi connectivity index (χ4v) is 1.27. The molecule has 0 aromatic heterocycles. The quantitative estimate of drug-likeness (QED) is 0.560. The smallest absolute Gasteiger partial charge is 0.284 e. The van der Waals surface area contributed by atoms with Gasteiger partial charge in [-0.25, -0.2) is 4.39 Å². The lowest BCUT2D eigenvalue weighted by molar-refractivity contribution is -0.140. The Morgan fingerprint density at radius 2 is 1.56 bits per heavy atom. The van der Waals surface area contributed by atoms with E-state index < -0.39 is 40.6 Å². The van der Waals surface area contributed by atoms with Gasteiger partial charge in [0.25, 0.3) is 5.78 Å². The van der Waals surface area contributed by atoms with Gasteiger partial charge < -0.3 is 0 Å². The van der Waals surface area contributed by atoms with Crippen molar-refractivity contribution in [2.24, 2.45) is 0 Å². The third kappa shape index (κ3) is 2.80.